The predicted octanol–water partition coefficient (Wildman–Crippen LogP) is 3.38. The number of piperazine rings is 1. The highest BCUT2D eigenvalue weighted by atomic mass is 35.5. The molecule has 2 aromatic carbocycles. The van der Waals surface area contributed by atoms with Gasteiger partial charge in [-0.1, -0.05) is 35.9 Å². The van der Waals surface area contributed by atoms with Crippen LogP contribution in [-0.4, -0.2) is 64.5 Å². The molecule has 1 amide bonds. The van der Waals surface area contributed by atoms with Gasteiger partial charge < -0.3 is 14.8 Å². The van der Waals surface area contributed by atoms with E-state index in [2.05, 4.69) is 45.1 Å². The molecule has 2 aliphatic rings. The molecular weight excluding hydrogens is 422 g/mol. The van der Waals surface area contributed by atoms with Gasteiger partial charge in [-0.15, -0.1) is 0 Å². The molecule has 6 nitrogen and oxygen atoms in total. The maximum Gasteiger partial charge on any atom is 0.227 e. The van der Waals surface area contributed by atoms with Crippen molar-refractivity contribution < 1.29 is 4.79 Å². The van der Waals surface area contributed by atoms with Gasteiger partial charge in [-0.3, -0.25) is 9.69 Å². The fourth-order valence-corrected chi connectivity index (χ4v) is 5.07. The summed E-state index contributed by atoms with van der Waals surface area (Å²) in [5.74, 6) is 1.47. The van der Waals surface area contributed by atoms with E-state index in [9.17, 15) is 4.79 Å². The fourth-order valence-electron chi connectivity index (χ4n) is 4.94. The standard InChI is InChI=1S/C25H30ClN5O/c26-21-9-7-19(8-10-21)16-31-23-6-2-1-5-22(23)28-24(31)18-29-13-3-4-20(17-29)25(32)30-14-11-27-12-15-30/h1-2,5-10,20,27H,3-4,11-18H2/t20-/m1/s1. The third-order valence-electron chi connectivity index (χ3n) is 6.64. The molecule has 32 heavy (non-hydrogen) atoms. The molecule has 0 bridgehead atoms. The summed E-state index contributed by atoms with van der Waals surface area (Å²) >= 11 is 6.08. The first-order valence-corrected chi connectivity index (χ1v) is 12.0. The Balaban J connectivity index is 1.35. The van der Waals surface area contributed by atoms with Crippen LogP contribution in [0.5, 0.6) is 0 Å². The molecule has 1 aromatic heterocycles. The van der Waals surface area contributed by atoms with Crippen molar-refractivity contribution in [2.24, 2.45) is 5.92 Å². The van der Waals surface area contributed by atoms with Crippen molar-refractivity contribution in [1.29, 1.82) is 0 Å². The van der Waals surface area contributed by atoms with Crippen LogP contribution in [0.1, 0.15) is 24.2 Å². The number of nitrogens with one attached hydrogen (secondary N) is 1. The summed E-state index contributed by atoms with van der Waals surface area (Å²) in [6.45, 7) is 6.78. The van der Waals surface area contributed by atoms with E-state index >= 15 is 0 Å². The first-order valence-electron chi connectivity index (χ1n) is 11.6. The van der Waals surface area contributed by atoms with Crippen LogP contribution in [-0.2, 0) is 17.9 Å². The Morgan fingerprint density at radius 1 is 1.03 bits per heavy atom. The zero-order valence-electron chi connectivity index (χ0n) is 18.3. The lowest BCUT2D eigenvalue weighted by Gasteiger charge is -2.36. The van der Waals surface area contributed by atoms with Crippen LogP contribution >= 0.6 is 11.6 Å². The number of hydrogen-bond donors (Lipinski definition) is 1. The van der Waals surface area contributed by atoms with Crippen molar-refractivity contribution in [1.82, 2.24) is 24.7 Å². The Morgan fingerprint density at radius 3 is 2.62 bits per heavy atom. The molecule has 3 heterocycles. The Hall–Kier alpha value is -2.41. The van der Waals surface area contributed by atoms with Crippen LogP contribution in [0.15, 0.2) is 48.5 Å². The largest absolute Gasteiger partial charge is 0.340 e. The topological polar surface area (TPSA) is 53.4 Å². The minimum atomic E-state index is 0.0935. The smallest absolute Gasteiger partial charge is 0.227 e. The van der Waals surface area contributed by atoms with E-state index in [-0.39, 0.29) is 5.92 Å². The number of fused-ring (bicyclic) bond motifs is 1. The van der Waals surface area contributed by atoms with Gasteiger partial charge in [-0.25, -0.2) is 4.98 Å². The van der Waals surface area contributed by atoms with Gasteiger partial charge in [0, 0.05) is 44.3 Å². The number of carbonyl (C=O) groups excluding carboxylic acids is 1. The second kappa shape index (κ2) is 9.61. The number of nitrogens with zero attached hydrogens (tertiary/aromatic N) is 4. The van der Waals surface area contributed by atoms with E-state index in [1.165, 1.54) is 5.56 Å². The Morgan fingerprint density at radius 2 is 1.81 bits per heavy atom. The number of hydrogen-bond acceptors (Lipinski definition) is 4. The number of likely N-dealkylation sites (tertiary alicyclic amines) is 1. The number of benzene rings is 2. The van der Waals surface area contributed by atoms with E-state index < -0.39 is 0 Å². The highest BCUT2D eigenvalue weighted by molar-refractivity contribution is 6.30. The molecule has 0 spiro atoms. The van der Waals surface area contributed by atoms with E-state index in [0.717, 1.165) is 87.1 Å². The van der Waals surface area contributed by atoms with E-state index in [1.54, 1.807) is 0 Å². The minimum Gasteiger partial charge on any atom is -0.340 e. The minimum absolute atomic E-state index is 0.0935. The third-order valence-corrected chi connectivity index (χ3v) is 6.89. The Bertz CT molecular complexity index is 1070. The summed E-state index contributed by atoms with van der Waals surface area (Å²) in [7, 11) is 0. The summed E-state index contributed by atoms with van der Waals surface area (Å²) in [6, 6.07) is 16.3. The number of rotatable bonds is 5. The average molecular weight is 452 g/mol. The molecular formula is C25H30ClN5O. The number of piperidine rings is 1. The summed E-state index contributed by atoms with van der Waals surface area (Å²) in [4.78, 5) is 22.5. The maximum absolute atomic E-state index is 13.1. The lowest BCUT2D eigenvalue weighted by molar-refractivity contribution is -0.138. The highest BCUT2D eigenvalue weighted by Gasteiger charge is 2.30. The van der Waals surface area contributed by atoms with Crippen molar-refractivity contribution in [3.05, 3.63) is 64.9 Å². The van der Waals surface area contributed by atoms with Gasteiger partial charge in [-0.2, -0.15) is 0 Å². The van der Waals surface area contributed by atoms with Crippen LogP contribution in [0.4, 0.5) is 0 Å². The van der Waals surface area contributed by atoms with Gasteiger partial charge in [0.15, 0.2) is 0 Å². The normalized spacial score (nSPS) is 20.0. The summed E-state index contributed by atoms with van der Waals surface area (Å²) in [5, 5.41) is 4.08. The summed E-state index contributed by atoms with van der Waals surface area (Å²) in [6.07, 6.45) is 2.04. The Labute approximate surface area is 194 Å². The van der Waals surface area contributed by atoms with E-state index in [0.29, 0.717) is 5.91 Å². The SMILES string of the molecule is O=C([C@@H]1CCCN(Cc2nc3ccccc3n2Cc2ccc(Cl)cc2)C1)N1CCNCC1. The van der Waals surface area contributed by atoms with Crippen LogP contribution in [0, 0.1) is 5.92 Å². The molecule has 2 saturated heterocycles. The fraction of sp³-hybridized carbons (Fsp3) is 0.440. The first kappa shape index (κ1) is 21.4. The molecule has 1 N–H and O–H groups in total. The third kappa shape index (κ3) is 4.68. The molecule has 2 aliphatic heterocycles. The quantitative estimate of drug-likeness (QED) is 0.646. The molecule has 168 valence electrons. The monoisotopic (exact) mass is 451 g/mol. The summed E-state index contributed by atoms with van der Waals surface area (Å²) in [5.41, 5.74) is 3.36. The molecule has 0 radical (unpaired) electrons. The van der Waals surface area contributed by atoms with Crippen LogP contribution < -0.4 is 5.32 Å². The van der Waals surface area contributed by atoms with Gasteiger partial charge in [0.05, 0.1) is 23.5 Å². The van der Waals surface area contributed by atoms with Crippen LogP contribution in [0.25, 0.3) is 11.0 Å². The molecule has 1 atom stereocenters. The van der Waals surface area contributed by atoms with Crippen LogP contribution in [0.3, 0.4) is 0 Å². The zero-order chi connectivity index (χ0) is 21.9. The van der Waals surface area contributed by atoms with Crippen molar-refractivity contribution in [3.63, 3.8) is 0 Å². The lowest BCUT2D eigenvalue weighted by Crippen LogP contribution is -2.51. The first-order chi connectivity index (χ1) is 15.7. The average Bonchev–Trinajstić information content (AvgIpc) is 3.17. The predicted molar refractivity (Wildman–Crippen MR) is 128 cm³/mol. The van der Waals surface area contributed by atoms with Crippen molar-refractivity contribution >= 4 is 28.5 Å². The van der Waals surface area contributed by atoms with Crippen LogP contribution in [0.2, 0.25) is 5.02 Å². The number of aromatic nitrogens is 2. The number of imidazole rings is 1. The van der Waals surface area contributed by atoms with Gasteiger partial charge >= 0.3 is 0 Å². The number of para-hydroxylation sites is 2. The summed E-state index contributed by atoms with van der Waals surface area (Å²) < 4.78 is 2.31. The molecule has 7 heteroatoms. The molecule has 0 saturated carbocycles. The molecule has 0 aliphatic carbocycles. The second-order valence-corrected chi connectivity index (χ2v) is 9.32. The van der Waals surface area contributed by atoms with E-state index in [1.807, 2.05) is 23.1 Å². The Kier molecular flexibility index (Phi) is 6.44. The van der Waals surface area contributed by atoms with Gasteiger partial charge in [0.2, 0.25) is 5.91 Å². The molecule has 5 rings (SSSR count). The molecule has 2 fully saturated rings. The molecule has 3 aromatic rings. The van der Waals surface area contributed by atoms with E-state index in [4.69, 9.17) is 16.6 Å². The number of halogens is 1. The van der Waals surface area contributed by atoms with Gasteiger partial charge in [-0.05, 0) is 49.2 Å². The zero-order valence-corrected chi connectivity index (χ0v) is 19.1. The lowest BCUT2D eigenvalue weighted by atomic mass is 9.96. The number of amides is 1. The van der Waals surface area contributed by atoms with Gasteiger partial charge in [0.25, 0.3) is 0 Å². The molecule has 0 unspecified atom stereocenters. The number of carbonyl (C=O) groups is 1. The van der Waals surface area contributed by atoms with Gasteiger partial charge in [0.1, 0.15) is 5.82 Å². The van der Waals surface area contributed by atoms with Crippen molar-refractivity contribution in [2.45, 2.75) is 25.9 Å². The second-order valence-electron chi connectivity index (χ2n) is 8.88. The van der Waals surface area contributed by atoms with Crippen molar-refractivity contribution in [3.8, 4) is 0 Å². The highest BCUT2D eigenvalue weighted by Crippen LogP contribution is 2.24. The maximum atomic E-state index is 13.1. The van der Waals surface area contributed by atoms with Crippen molar-refractivity contribution in [2.75, 3.05) is 39.3 Å².